The molecule has 0 aliphatic carbocycles. The third-order valence-electron chi connectivity index (χ3n) is 4.34. The van der Waals surface area contributed by atoms with E-state index in [0.29, 0.717) is 24.9 Å². The van der Waals surface area contributed by atoms with Gasteiger partial charge in [0, 0.05) is 13.1 Å². The first kappa shape index (κ1) is 15.7. The van der Waals surface area contributed by atoms with Gasteiger partial charge >= 0.3 is 0 Å². The van der Waals surface area contributed by atoms with E-state index in [1.54, 1.807) is 4.90 Å². The highest BCUT2D eigenvalue weighted by Crippen LogP contribution is 2.27. The summed E-state index contributed by atoms with van der Waals surface area (Å²) < 4.78 is 27.8. The number of hydrogen-bond donors (Lipinski definition) is 1. The number of anilines is 1. The van der Waals surface area contributed by atoms with Gasteiger partial charge in [0.25, 0.3) is 5.91 Å². The highest BCUT2D eigenvalue weighted by atomic mass is 19.1. The average Bonchev–Trinajstić information content (AvgIpc) is 2.69. The van der Waals surface area contributed by atoms with Crippen LogP contribution in [-0.4, -0.2) is 23.9 Å². The van der Waals surface area contributed by atoms with Crippen LogP contribution in [0, 0.1) is 23.5 Å². The molecular weight excluding hydrogens is 274 g/mol. The predicted octanol–water partition coefficient (Wildman–Crippen LogP) is 3.45. The van der Waals surface area contributed by atoms with Crippen LogP contribution < -0.4 is 5.73 Å². The number of carbonyl (C=O) groups is 1. The number of amides is 1. The van der Waals surface area contributed by atoms with Crippen LogP contribution in [-0.2, 0) is 0 Å². The summed E-state index contributed by atoms with van der Waals surface area (Å²) in [6.45, 7) is 5.41. The molecule has 0 aromatic heterocycles. The molecule has 1 heterocycles. The monoisotopic (exact) mass is 296 g/mol. The first-order valence-electron chi connectivity index (χ1n) is 7.44. The summed E-state index contributed by atoms with van der Waals surface area (Å²) >= 11 is 0. The molecule has 0 saturated carbocycles. The average molecular weight is 296 g/mol. The Hall–Kier alpha value is -1.65. The van der Waals surface area contributed by atoms with Crippen molar-refractivity contribution in [3.05, 3.63) is 29.3 Å². The molecule has 0 spiro atoms. The first-order valence-corrected chi connectivity index (χ1v) is 7.44. The van der Waals surface area contributed by atoms with Crippen LogP contribution in [0.2, 0.25) is 0 Å². The van der Waals surface area contributed by atoms with Gasteiger partial charge in [-0.3, -0.25) is 4.79 Å². The normalized spacial score (nSPS) is 19.7. The molecule has 1 unspecified atom stereocenters. The molecule has 0 bridgehead atoms. The van der Waals surface area contributed by atoms with E-state index in [0.717, 1.165) is 31.4 Å². The molecule has 5 heteroatoms. The van der Waals surface area contributed by atoms with Gasteiger partial charge in [0.05, 0.1) is 5.69 Å². The lowest BCUT2D eigenvalue weighted by molar-refractivity contribution is 0.0749. The highest BCUT2D eigenvalue weighted by molar-refractivity contribution is 5.95. The summed E-state index contributed by atoms with van der Waals surface area (Å²) in [7, 11) is 0. The lowest BCUT2D eigenvalue weighted by atomic mass is 9.89. The molecule has 1 aliphatic rings. The van der Waals surface area contributed by atoms with Crippen molar-refractivity contribution in [1.82, 2.24) is 4.90 Å². The Kier molecular flexibility index (Phi) is 4.80. The second kappa shape index (κ2) is 6.41. The van der Waals surface area contributed by atoms with E-state index in [9.17, 15) is 13.6 Å². The second-order valence-electron chi connectivity index (χ2n) is 6.05. The number of likely N-dealkylation sites (tertiary alicyclic amines) is 1. The fourth-order valence-corrected chi connectivity index (χ4v) is 2.91. The molecule has 1 aromatic carbocycles. The zero-order valence-electron chi connectivity index (χ0n) is 12.5. The largest absolute Gasteiger partial charge is 0.396 e. The van der Waals surface area contributed by atoms with Crippen LogP contribution in [0.3, 0.4) is 0 Å². The fraction of sp³-hybridized carbons (Fsp3) is 0.562. The summed E-state index contributed by atoms with van der Waals surface area (Å²) in [5.74, 6) is -1.29. The Morgan fingerprint density at radius 3 is 2.67 bits per heavy atom. The van der Waals surface area contributed by atoms with E-state index in [-0.39, 0.29) is 5.69 Å². The second-order valence-corrected chi connectivity index (χ2v) is 6.05. The Balaban J connectivity index is 2.19. The SMILES string of the molecule is CC(C)C1CCCN(C(=O)c2c(F)ccc(N)c2F)CC1. The van der Waals surface area contributed by atoms with Crippen LogP contribution >= 0.6 is 0 Å². The third kappa shape index (κ3) is 3.34. The maximum Gasteiger partial charge on any atom is 0.259 e. The Labute approximate surface area is 124 Å². The number of nitrogens with zero attached hydrogens (tertiary/aromatic N) is 1. The number of benzene rings is 1. The van der Waals surface area contributed by atoms with Gasteiger partial charge in [-0.1, -0.05) is 13.8 Å². The number of halogens is 2. The van der Waals surface area contributed by atoms with Gasteiger partial charge in [0.1, 0.15) is 11.4 Å². The molecule has 1 aromatic rings. The first-order chi connectivity index (χ1) is 9.91. The number of rotatable bonds is 2. The smallest absolute Gasteiger partial charge is 0.259 e. The van der Waals surface area contributed by atoms with Crippen molar-refractivity contribution in [2.24, 2.45) is 11.8 Å². The summed E-state index contributed by atoms with van der Waals surface area (Å²) in [6.07, 6.45) is 2.78. The Bertz CT molecular complexity index is 531. The van der Waals surface area contributed by atoms with Crippen molar-refractivity contribution in [3.63, 3.8) is 0 Å². The Morgan fingerprint density at radius 1 is 1.29 bits per heavy atom. The Morgan fingerprint density at radius 2 is 2.00 bits per heavy atom. The van der Waals surface area contributed by atoms with Crippen LogP contribution in [0.4, 0.5) is 14.5 Å². The zero-order valence-corrected chi connectivity index (χ0v) is 12.5. The van der Waals surface area contributed by atoms with E-state index in [2.05, 4.69) is 13.8 Å². The summed E-state index contributed by atoms with van der Waals surface area (Å²) in [4.78, 5) is 14.0. The fourth-order valence-electron chi connectivity index (χ4n) is 2.91. The topological polar surface area (TPSA) is 46.3 Å². The molecule has 0 radical (unpaired) electrons. The van der Waals surface area contributed by atoms with Gasteiger partial charge in [-0.25, -0.2) is 8.78 Å². The lowest BCUT2D eigenvalue weighted by Gasteiger charge is -2.22. The van der Waals surface area contributed by atoms with Gasteiger partial charge in [0.2, 0.25) is 0 Å². The van der Waals surface area contributed by atoms with Crippen LogP contribution in [0.5, 0.6) is 0 Å². The van der Waals surface area contributed by atoms with E-state index in [4.69, 9.17) is 5.73 Å². The van der Waals surface area contributed by atoms with Crippen LogP contribution in [0.1, 0.15) is 43.5 Å². The molecule has 2 rings (SSSR count). The van der Waals surface area contributed by atoms with E-state index >= 15 is 0 Å². The number of nitrogen functional groups attached to an aromatic ring is 1. The van der Waals surface area contributed by atoms with Crippen LogP contribution in [0.25, 0.3) is 0 Å². The molecule has 1 aliphatic heterocycles. The van der Waals surface area contributed by atoms with E-state index in [1.165, 1.54) is 0 Å². The predicted molar refractivity (Wildman–Crippen MR) is 78.9 cm³/mol. The molecular formula is C16H22F2N2O. The molecule has 1 saturated heterocycles. The van der Waals surface area contributed by atoms with Crippen molar-refractivity contribution in [1.29, 1.82) is 0 Å². The minimum atomic E-state index is -0.954. The molecule has 116 valence electrons. The standard InChI is InChI=1S/C16H22F2N2O/c1-10(2)11-4-3-8-20(9-7-11)16(21)14-12(17)5-6-13(19)15(14)18/h5-6,10-11H,3-4,7-9,19H2,1-2H3. The molecule has 1 fully saturated rings. The van der Waals surface area contributed by atoms with Crippen molar-refractivity contribution in [2.45, 2.75) is 33.1 Å². The number of nitrogens with two attached hydrogens (primary N) is 1. The minimum Gasteiger partial charge on any atom is -0.396 e. The van der Waals surface area contributed by atoms with Gasteiger partial charge < -0.3 is 10.6 Å². The minimum absolute atomic E-state index is 0.199. The third-order valence-corrected chi connectivity index (χ3v) is 4.34. The highest BCUT2D eigenvalue weighted by Gasteiger charge is 2.27. The van der Waals surface area contributed by atoms with E-state index in [1.807, 2.05) is 0 Å². The number of carbonyl (C=O) groups excluding carboxylic acids is 1. The lowest BCUT2D eigenvalue weighted by Crippen LogP contribution is -2.33. The molecule has 2 N–H and O–H groups in total. The molecule has 1 amide bonds. The summed E-state index contributed by atoms with van der Waals surface area (Å²) in [5, 5.41) is 0. The summed E-state index contributed by atoms with van der Waals surface area (Å²) in [5.41, 5.74) is 4.71. The van der Waals surface area contributed by atoms with Crippen molar-refractivity contribution < 1.29 is 13.6 Å². The zero-order chi connectivity index (χ0) is 15.6. The van der Waals surface area contributed by atoms with Gasteiger partial charge in [0.15, 0.2) is 5.82 Å². The maximum atomic E-state index is 14.0. The summed E-state index contributed by atoms with van der Waals surface area (Å²) in [6, 6.07) is 2.18. The van der Waals surface area contributed by atoms with Gasteiger partial charge in [-0.05, 0) is 43.2 Å². The maximum absolute atomic E-state index is 14.0. The molecule has 3 nitrogen and oxygen atoms in total. The molecule has 21 heavy (non-hydrogen) atoms. The van der Waals surface area contributed by atoms with Gasteiger partial charge in [-0.2, -0.15) is 0 Å². The quantitative estimate of drug-likeness (QED) is 0.850. The molecule has 1 atom stereocenters. The van der Waals surface area contributed by atoms with Gasteiger partial charge in [-0.15, -0.1) is 0 Å². The van der Waals surface area contributed by atoms with Crippen molar-refractivity contribution >= 4 is 11.6 Å². The van der Waals surface area contributed by atoms with E-state index < -0.39 is 23.1 Å². The van der Waals surface area contributed by atoms with Crippen molar-refractivity contribution in [3.8, 4) is 0 Å². The van der Waals surface area contributed by atoms with Crippen molar-refractivity contribution in [2.75, 3.05) is 18.8 Å². The van der Waals surface area contributed by atoms with Crippen LogP contribution in [0.15, 0.2) is 12.1 Å². The number of hydrogen-bond acceptors (Lipinski definition) is 2.